The van der Waals surface area contributed by atoms with E-state index in [0.29, 0.717) is 30.3 Å². The summed E-state index contributed by atoms with van der Waals surface area (Å²) in [6, 6.07) is 5.39. The van der Waals surface area contributed by atoms with Crippen LogP contribution in [-0.2, 0) is 6.42 Å². The van der Waals surface area contributed by atoms with Crippen LogP contribution in [-0.4, -0.2) is 10.8 Å². The van der Waals surface area contributed by atoms with Crippen LogP contribution in [0.5, 0.6) is 0 Å². The van der Waals surface area contributed by atoms with Crippen molar-refractivity contribution >= 4 is 5.78 Å². The van der Waals surface area contributed by atoms with Gasteiger partial charge in [-0.2, -0.15) is 0 Å². The summed E-state index contributed by atoms with van der Waals surface area (Å²) in [5.74, 6) is 1.67. The van der Waals surface area contributed by atoms with Gasteiger partial charge in [-0.1, -0.05) is 6.92 Å². The first-order valence-electron chi connectivity index (χ1n) is 7.44. The lowest BCUT2D eigenvalue weighted by Gasteiger charge is -2.05. The number of carbonyl (C=O) groups excluding carboxylic acids is 1. The van der Waals surface area contributed by atoms with Gasteiger partial charge >= 0.3 is 0 Å². The first kappa shape index (κ1) is 13.9. The van der Waals surface area contributed by atoms with Crippen molar-refractivity contribution in [3.05, 3.63) is 45.6 Å². The molecular weight excluding hydrogens is 266 g/mol. The predicted octanol–water partition coefficient (Wildman–Crippen LogP) is 3.49. The second-order valence-corrected chi connectivity index (χ2v) is 5.75. The van der Waals surface area contributed by atoms with E-state index < -0.39 is 0 Å². The van der Waals surface area contributed by atoms with E-state index in [2.05, 4.69) is 4.98 Å². The molecule has 4 nitrogen and oxygen atoms in total. The van der Waals surface area contributed by atoms with Crippen molar-refractivity contribution < 1.29 is 9.21 Å². The van der Waals surface area contributed by atoms with E-state index in [9.17, 15) is 9.59 Å². The number of hydrogen-bond donors (Lipinski definition) is 1. The fourth-order valence-electron chi connectivity index (χ4n) is 2.50. The molecule has 2 heterocycles. The lowest BCUT2D eigenvalue weighted by Crippen LogP contribution is -2.13. The lowest BCUT2D eigenvalue weighted by molar-refractivity contribution is 0.0950. The summed E-state index contributed by atoms with van der Waals surface area (Å²) in [6.07, 6.45) is 3.55. The van der Waals surface area contributed by atoms with Gasteiger partial charge in [-0.15, -0.1) is 0 Å². The van der Waals surface area contributed by atoms with E-state index in [4.69, 9.17) is 4.42 Å². The van der Waals surface area contributed by atoms with Crippen molar-refractivity contribution in [2.45, 2.75) is 39.5 Å². The van der Waals surface area contributed by atoms with E-state index >= 15 is 0 Å². The number of aryl methyl sites for hydroxylation is 2. The SMILES string of the molecule is CCc1cc(-c2ccc(C(=O)CC3CC3)o2)c(C)[nH]c1=O. The van der Waals surface area contributed by atoms with Crippen LogP contribution < -0.4 is 5.56 Å². The van der Waals surface area contributed by atoms with Crippen molar-refractivity contribution in [2.24, 2.45) is 5.92 Å². The van der Waals surface area contributed by atoms with Crippen molar-refractivity contribution in [1.82, 2.24) is 4.98 Å². The highest BCUT2D eigenvalue weighted by Crippen LogP contribution is 2.34. The van der Waals surface area contributed by atoms with Crippen molar-refractivity contribution in [3.8, 4) is 11.3 Å². The molecule has 0 aliphatic heterocycles. The van der Waals surface area contributed by atoms with Gasteiger partial charge in [-0.25, -0.2) is 0 Å². The number of aromatic nitrogens is 1. The zero-order valence-corrected chi connectivity index (χ0v) is 12.4. The molecule has 0 unspecified atom stereocenters. The van der Waals surface area contributed by atoms with Crippen LogP contribution in [0.4, 0.5) is 0 Å². The van der Waals surface area contributed by atoms with E-state index in [0.717, 1.165) is 29.7 Å². The molecule has 0 atom stereocenters. The second kappa shape index (κ2) is 5.35. The van der Waals surface area contributed by atoms with Crippen LogP contribution in [0.1, 0.15) is 48.0 Å². The fraction of sp³-hybridized carbons (Fsp3) is 0.412. The Hall–Kier alpha value is -2.10. The third kappa shape index (κ3) is 2.84. The number of furan rings is 1. The highest BCUT2D eigenvalue weighted by Gasteiger charge is 2.26. The Morgan fingerprint density at radius 3 is 2.81 bits per heavy atom. The maximum absolute atomic E-state index is 12.1. The smallest absolute Gasteiger partial charge is 0.251 e. The molecule has 1 fully saturated rings. The van der Waals surface area contributed by atoms with Crippen LogP contribution in [0.2, 0.25) is 0 Å². The van der Waals surface area contributed by atoms with Crippen molar-refractivity contribution in [1.29, 1.82) is 0 Å². The molecule has 2 aromatic heterocycles. The van der Waals surface area contributed by atoms with Gasteiger partial charge in [0.05, 0.1) is 0 Å². The van der Waals surface area contributed by atoms with Crippen LogP contribution in [0.15, 0.2) is 27.4 Å². The Labute approximate surface area is 123 Å². The summed E-state index contributed by atoms with van der Waals surface area (Å²) in [4.78, 5) is 26.6. The molecule has 1 aliphatic carbocycles. The summed E-state index contributed by atoms with van der Waals surface area (Å²) < 4.78 is 5.71. The van der Waals surface area contributed by atoms with Gasteiger partial charge in [0.15, 0.2) is 11.5 Å². The highest BCUT2D eigenvalue weighted by atomic mass is 16.3. The Morgan fingerprint density at radius 1 is 1.38 bits per heavy atom. The Balaban J connectivity index is 1.92. The van der Waals surface area contributed by atoms with Crippen LogP contribution in [0.3, 0.4) is 0 Å². The molecule has 0 spiro atoms. The molecule has 4 heteroatoms. The van der Waals surface area contributed by atoms with E-state index in [-0.39, 0.29) is 11.3 Å². The molecule has 0 bridgehead atoms. The molecule has 110 valence electrons. The minimum Gasteiger partial charge on any atom is -0.453 e. The molecule has 0 saturated heterocycles. The number of rotatable bonds is 5. The molecule has 0 amide bonds. The van der Waals surface area contributed by atoms with Gasteiger partial charge in [0.1, 0.15) is 5.76 Å². The maximum Gasteiger partial charge on any atom is 0.251 e. The number of carbonyl (C=O) groups is 1. The average Bonchev–Trinajstić information content (AvgIpc) is 3.13. The second-order valence-electron chi connectivity index (χ2n) is 5.75. The third-order valence-electron chi connectivity index (χ3n) is 4.01. The average molecular weight is 285 g/mol. The Bertz CT molecular complexity index is 735. The van der Waals surface area contributed by atoms with Crippen LogP contribution in [0.25, 0.3) is 11.3 Å². The molecule has 2 aromatic rings. The van der Waals surface area contributed by atoms with Crippen LogP contribution in [0, 0.1) is 12.8 Å². The number of H-pyrrole nitrogens is 1. The number of Topliss-reactive ketones (excluding diaryl/α,β-unsaturated/α-hetero) is 1. The van der Waals surface area contributed by atoms with Crippen molar-refractivity contribution in [3.63, 3.8) is 0 Å². The zero-order chi connectivity index (χ0) is 15.0. The molecule has 3 rings (SSSR count). The standard InChI is InChI=1S/C17H19NO3/c1-3-12-9-13(10(2)18-17(12)20)15-6-7-16(21-15)14(19)8-11-4-5-11/h6-7,9,11H,3-5,8H2,1-2H3,(H,18,20). The molecule has 1 aliphatic rings. The van der Waals surface area contributed by atoms with Gasteiger partial charge in [0.2, 0.25) is 0 Å². The Morgan fingerprint density at radius 2 is 2.14 bits per heavy atom. The van der Waals surface area contributed by atoms with Gasteiger partial charge in [-0.3, -0.25) is 9.59 Å². The van der Waals surface area contributed by atoms with Gasteiger partial charge in [0, 0.05) is 23.2 Å². The number of nitrogens with one attached hydrogen (secondary N) is 1. The third-order valence-corrected chi connectivity index (χ3v) is 4.01. The first-order valence-corrected chi connectivity index (χ1v) is 7.44. The summed E-state index contributed by atoms with van der Waals surface area (Å²) in [5, 5.41) is 0. The predicted molar refractivity (Wildman–Crippen MR) is 80.6 cm³/mol. The summed E-state index contributed by atoms with van der Waals surface area (Å²) >= 11 is 0. The van der Waals surface area contributed by atoms with Gasteiger partial charge in [0.25, 0.3) is 5.56 Å². The lowest BCUT2D eigenvalue weighted by atomic mass is 10.1. The van der Waals surface area contributed by atoms with E-state index in [1.807, 2.05) is 19.9 Å². The van der Waals surface area contributed by atoms with E-state index in [1.165, 1.54) is 0 Å². The minimum absolute atomic E-state index is 0.0599. The Kier molecular flexibility index (Phi) is 3.53. The number of hydrogen-bond acceptors (Lipinski definition) is 3. The molecule has 1 N–H and O–H groups in total. The van der Waals surface area contributed by atoms with Gasteiger partial charge < -0.3 is 9.40 Å². The normalized spacial score (nSPS) is 14.4. The topological polar surface area (TPSA) is 63.1 Å². The first-order chi connectivity index (χ1) is 10.1. The molecule has 21 heavy (non-hydrogen) atoms. The summed E-state index contributed by atoms with van der Waals surface area (Å²) in [6.45, 7) is 3.78. The van der Waals surface area contributed by atoms with Gasteiger partial charge in [-0.05, 0) is 50.3 Å². The van der Waals surface area contributed by atoms with Crippen LogP contribution >= 0.6 is 0 Å². The maximum atomic E-state index is 12.1. The highest BCUT2D eigenvalue weighted by molar-refractivity contribution is 5.94. The minimum atomic E-state index is -0.0599. The molecular formula is C17H19NO3. The number of pyridine rings is 1. The summed E-state index contributed by atoms with van der Waals surface area (Å²) in [5.41, 5.74) is 2.26. The molecule has 0 aromatic carbocycles. The quantitative estimate of drug-likeness (QED) is 0.855. The zero-order valence-electron chi connectivity index (χ0n) is 12.4. The summed E-state index contributed by atoms with van der Waals surface area (Å²) in [7, 11) is 0. The number of ketones is 1. The number of aromatic amines is 1. The fourth-order valence-corrected chi connectivity index (χ4v) is 2.50. The van der Waals surface area contributed by atoms with E-state index in [1.54, 1.807) is 12.1 Å². The largest absolute Gasteiger partial charge is 0.453 e. The van der Waals surface area contributed by atoms with Crippen molar-refractivity contribution in [2.75, 3.05) is 0 Å². The monoisotopic (exact) mass is 285 g/mol. The molecule has 1 saturated carbocycles. The molecule has 0 radical (unpaired) electrons.